The molecule has 0 aliphatic rings. The molecule has 0 heterocycles. The van der Waals surface area contributed by atoms with Crippen LogP contribution in [0.2, 0.25) is 0 Å². The summed E-state index contributed by atoms with van der Waals surface area (Å²) in [4.78, 5) is 11.9. The van der Waals surface area contributed by atoms with Crippen molar-refractivity contribution in [3.63, 3.8) is 0 Å². The Hall–Kier alpha value is -1.20. The van der Waals surface area contributed by atoms with E-state index < -0.39 is 17.6 Å². The molecular formula is C11H14ClF2NO2. The molecule has 96 valence electrons. The molecule has 0 unspecified atom stereocenters. The molecule has 0 aliphatic carbocycles. The van der Waals surface area contributed by atoms with Gasteiger partial charge in [0.2, 0.25) is 0 Å². The normalized spacial score (nSPS) is 10.1. The maximum absolute atomic E-state index is 13.2. The topological polar surface area (TPSA) is 40.5 Å². The number of benzene rings is 1. The number of carbonyl (C=O) groups is 1. The van der Waals surface area contributed by atoms with Crippen molar-refractivity contribution in [3.05, 3.63) is 35.4 Å². The largest absolute Gasteiger partial charge is 0.481 e. The fourth-order valence-electron chi connectivity index (χ4n) is 1.33. The second kappa shape index (κ2) is 7.19. The van der Waals surface area contributed by atoms with Gasteiger partial charge in [-0.05, 0) is 13.1 Å². The average molecular weight is 266 g/mol. The summed E-state index contributed by atoms with van der Waals surface area (Å²) in [6, 6.07) is 3.96. The minimum atomic E-state index is -0.911. The van der Waals surface area contributed by atoms with E-state index in [0.717, 1.165) is 6.07 Å². The van der Waals surface area contributed by atoms with Gasteiger partial charge in [0, 0.05) is 18.7 Å². The predicted octanol–water partition coefficient (Wildman–Crippen LogP) is 2.29. The first-order valence-corrected chi connectivity index (χ1v) is 4.84. The van der Waals surface area contributed by atoms with Gasteiger partial charge < -0.3 is 10.0 Å². The molecule has 0 saturated carbocycles. The summed E-state index contributed by atoms with van der Waals surface area (Å²) < 4.78 is 26.1. The van der Waals surface area contributed by atoms with Gasteiger partial charge in [-0.2, -0.15) is 0 Å². The number of carboxylic acid groups (broad SMARTS) is 1. The molecule has 1 N–H and O–H groups in total. The molecule has 6 heteroatoms. The Labute approximate surface area is 104 Å². The van der Waals surface area contributed by atoms with E-state index in [0.29, 0.717) is 6.54 Å². The summed E-state index contributed by atoms with van der Waals surface area (Å²) >= 11 is 0. The third-order valence-corrected chi connectivity index (χ3v) is 2.18. The summed E-state index contributed by atoms with van der Waals surface area (Å²) in [5, 5.41) is 8.47. The summed E-state index contributed by atoms with van der Waals surface area (Å²) in [5.41, 5.74) is 0.230. The van der Waals surface area contributed by atoms with Crippen LogP contribution in [0.5, 0.6) is 0 Å². The highest BCUT2D eigenvalue weighted by atomic mass is 35.5. The number of carboxylic acids is 1. The summed E-state index contributed by atoms with van der Waals surface area (Å²) in [6.45, 7) is 0.488. The van der Waals surface area contributed by atoms with Crippen molar-refractivity contribution in [2.45, 2.75) is 13.0 Å². The zero-order valence-electron chi connectivity index (χ0n) is 9.32. The van der Waals surface area contributed by atoms with E-state index in [1.54, 1.807) is 11.9 Å². The van der Waals surface area contributed by atoms with Crippen molar-refractivity contribution < 1.29 is 18.7 Å². The molecular weight excluding hydrogens is 252 g/mol. The van der Waals surface area contributed by atoms with Crippen molar-refractivity contribution in [1.82, 2.24) is 4.90 Å². The van der Waals surface area contributed by atoms with Crippen LogP contribution in [0.3, 0.4) is 0 Å². The van der Waals surface area contributed by atoms with Gasteiger partial charge in [-0.1, -0.05) is 12.1 Å². The molecule has 0 aliphatic heterocycles. The molecule has 17 heavy (non-hydrogen) atoms. The Kier molecular flexibility index (Phi) is 6.68. The van der Waals surface area contributed by atoms with Gasteiger partial charge in [0.25, 0.3) is 0 Å². The standard InChI is InChI=1S/C11H13F2NO2.ClH/c1-14(6-5-10(15)16)7-8-3-2-4-9(12)11(8)13;/h2-4H,5-7H2,1H3,(H,15,16);1H. The highest BCUT2D eigenvalue weighted by molar-refractivity contribution is 5.85. The molecule has 0 atom stereocenters. The molecule has 0 saturated heterocycles. The van der Waals surface area contributed by atoms with E-state index in [1.165, 1.54) is 12.1 Å². The third kappa shape index (κ3) is 5.10. The smallest absolute Gasteiger partial charge is 0.304 e. The van der Waals surface area contributed by atoms with Crippen LogP contribution in [0.25, 0.3) is 0 Å². The van der Waals surface area contributed by atoms with E-state index in [4.69, 9.17) is 5.11 Å². The summed E-state index contributed by atoms with van der Waals surface area (Å²) in [5.74, 6) is -2.67. The van der Waals surface area contributed by atoms with Crippen LogP contribution >= 0.6 is 12.4 Å². The molecule has 1 aromatic carbocycles. The Bertz CT molecular complexity index is 388. The second-order valence-electron chi connectivity index (χ2n) is 3.59. The highest BCUT2D eigenvalue weighted by Gasteiger charge is 2.10. The lowest BCUT2D eigenvalue weighted by atomic mass is 10.2. The van der Waals surface area contributed by atoms with E-state index in [1.807, 2.05) is 0 Å². The van der Waals surface area contributed by atoms with Crippen LogP contribution in [0, 0.1) is 11.6 Å². The quantitative estimate of drug-likeness (QED) is 0.888. The Balaban J connectivity index is 0.00000256. The van der Waals surface area contributed by atoms with Gasteiger partial charge >= 0.3 is 5.97 Å². The molecule has 0 bridgehead atoms. The van der Waals surface area contributed by atoms with E-state index in [-0.39, 0.29) is 30.9 Å². The lowest BCUT2D eigenvalue weighted by Crippen LogP contribution is -2.22. The van der Waals surface area contributed by atoms with Gasteiger partial charge in [0.1, 0.15) is 0 Å². The monoisotopic (exact) mass is 265 g/mol. The lowest BCUT2D eigenvalue weighted by molar-refractivity contribution is -0.137. The van der Waals surface area contributed by atoms with Crippen molar-refractivity contribution in [1.29, 1.82) is 0 Å². The van der Waals surface area contributed by atoms with Crippen LogP contribution in [0.15, 0.2) is 18.2 Å². The maximum Gasteiger partial charge on any atom is 0.304 e. The van der Waals surface area contributed by atoms with Crippen LogP contribution in [-0.4, -0.2) is 29.6 Å². The van der Waals surface area contributed by atoms with Crippen molar-refractivity contribution in [3.8, 4) is 0 Å². The third-order valence-electron chi connectivity index (χ3n) is 2.18. The zero-order valence-corrected chi connectivity index (χ0v) is 10.1. The van der Waals surface area contributed by atoms with Crippen LogP contribution in [-0.2, 0) is 11.3 Å². The molecule has 0 aromatic heterocycles. The Morgan fingerprint density at radius 3 is 2.65 bits per heavy atom. The van der Waals surface area contributed by atoms with Crippen molar-refractivity contribution >= 4 is 18.4 Å². The Morgan fingerprint density at radius 1 is 1.41 bits per heavy atom. The SMILES string of the molecule is CN(CCC(=O)O)Cc1cccc(F)c1F.Cl. The van der Waals surface area contributed by atoms with Crippen molar-refractivity contribution in [2.75, 3.05) is 13.6 Å². The van der Waals surface area contributed by atoms with E-state index in [2.05, 4.69) is 0 Å². The van der Waals surface area contributed by atoms with Crippen LogP contribution < -0.4 is 0 Å². The molecule has 3 nitrogen and oxygen atoms in total. The van der Waals surface area contributed by atoms with Gasteiger partial charge in [-0.3, -0.25) is 4.79 Å². The van der Waals surface area contributed by atoms with Crippen molar-refractivity contribution in [2.24, 2.45) is 0 Å². The molecule has 1 aromatic rings. The predicted molar refractivity (Wildman–Crippen MR) is 62.2 cm³/mol. The zero-order chi connectivity index (χ0) is 12.1. The first kappa shape index (κ1) is 15.8. The van der Waals surface area contributed by atoms with Gasteiger partial charge in [-0.15, -0.1) is 12.4 Å². The minimum Gasteiger partial charge on any atom is -0.481 e. The number of hydrogen-bond donors (Lipinski definition) is 1. The molecule has 0 radical (unpaired) electrons. The first-order chi connectivity index (χ1) is 7.50. The lowest BCUT2D eigenvalue weighted by Gasteiger charge is -2.15. The summed E-state index contributed by atoms with van der Waals surface area (Å²) in [6.07, 6.45) is -0.0204. The fraction of sp³-hybridized carbons (Fsp3) is 0.364. The summed E-state index contributed by atoms with van der Waals surface area (Å²) in [7, 11) is 1.66. The second-order valence-corrected chi connectivity index (χ2v) is 3.59. The van der Waals surface area contributed by atoms with Gasteiger partial charge in [-0.25, -0.2) is 8.78 Å². The Morgan fingerprint density at radius 2 is 2.06 bits per heavy atom. The van der Waals surface area contributed by atoms with Gasteiger partial charge in [0.15, 0.2) is 11.6 Å². The molecule has 0 amide bonds. The number of hydrogen-bond acceptors (Lipinski definition) is 2. The maximum atomic E-state index is 13.2. The highest BCUT2D eigenvalue weighted by Crippen LogP contribution is 2.13. The number of halogens is 3. The van der Waals surface area contributed by atoms with E-state index >= 15 is 0 Å². The van der Waals surface area contributed by atoms with Gasteiger partial charge in [0.05, 0.1) is 6.42 Å². The minimum absolute atomic E-state index is 0. The average Bonchev–Trinajstić information content (AvgIpc) is 2.22. The molecule has 0 spiro atoms. The fourth-order valence-corrected chi connectivity index (χ4v) is 1.33. The van der Waals surface area contributed by atoms with Crippen LogP contribution in [0.1, 0.15) is 12.0 Å². The molecule has 0 fully saturated rings. The number of nitrogens with zero attached hydrogens (tertiary/aromatic N) is 1. The molecule has 1 rings (SSSR count). The van der Waals surface area contributed by atoms with E-state index in [9.17, 15) is 13.6 Å². The first-order valence-electron chi connectivity index (χ1n) is 4.84. The number of rotatable bonds is 5. The number of aliphatic carboxylic acids is 1. The van der Waals surface area contributed by atoms with Crippen LogP contribution in [0.4, 0.5) is 8.78 Å².